The molecule has 0 amide bonds. The Morgan fingerprint density at radius 2 is 2.10 bits per heavy atom. The lowest BCUT2D eigenvalue weighted by molar-refractivity contribution is 0.372. The van der Waals surface area contributed by atoms with E-state index in [0.29, 0.717) is 16.6 Å². The van der Waals surface area contributed by atoms with Gasteiger partial charge in [-0.25, -0.2) is 8.42 Å². The second-order valence-corrected chi connectivity index (χ2v) is 8.68. The molecule has 116 valence electrons. The van der Waals surface area contributed by atoms with Gasteiger partial charge in [-0.05, 0) is 24.5 Å². The van der Waals surface area contributed by atoms with Crippen molar-refractivity contribution in [1.29, 1.82) is 0 Å². The van der Waals surface area contributed by atoms with E-state index in [1.165, 1.54) is 6.07 Å². The average molecular weight is 350 g/mol. The molecule has 0 saturated heterocycles. The van der Waals surface area contributed by atoms with E-state index >= 15 is 0 Å². The van der Waals surface area contributed by atoms with Gasteiger partial charge in [0.1, 0.15) is 10.3 Å². The number of sulfonamides is 1. The third-order valence-corrected chi connectivity index (χ3v) is 5.85. The maximum absolute atomic E-state index is 12.4. The van der Waals surface area contributed by atoms with E-state index in [1.54, 1.807) is 13.0 Å². The SMILES string of the molecule is Cc1nnc(C(CC(C)C)NS(=O)(=O)c2ccc(Cl)s2)o1. The fraction of sp³-hybridized carbons (Fsp3) is 0.500. The highest BCUT2D eigenvalue weighted by atomic mass is 35.5. The van der Waals surface area contributed by atoms with Crippen molar-refractivity contribution in [3.05, 3.63) is 28.3 Å². The van der Waals surface area contributed by atoms with Crippen LogP contribution in [-0.4, -0.2) is 18.6 Å². The van der Waals surface area contributed by atoms with Crippen LogP contribution in [0.1, 0.15) is 38.1 Å². The number of rotatable bonds is 6. The van der Waals surface area contributed by atoms with Gasteiger partial charge in [0.25, 0.3) is 10.0 Å². The molecule has 0 spiro atoms. The van der Waals surface area contributed by atoms with Crippen molar-refractivity contribution in [2.24, 2.45) is 5.92 Å². The van der Waals surface area contributed by atoms with Gasteiger partial charge < -0.3 is 4.42 Å². The van der Waals surface area contributed by atoms with Gasteiger partial charge in [0.05, 0.1) is 4.34 Å². The second-order valence-electron chi connectivity index (χ2n) is 5.02. The fourth-order valence-electron chi connectivity index (χ4n) is 1.81. The molecule has 1 atom stereocenters. The molecule has 2 aromatic rings. The first kappa shape index (κ1) is 16.4. The van der Waals surface area contributed by atoms with E-state index in [9.17, 15) is 8.42 Å². The van der Waals surface area contributed by atoms with E-state index in [1.807, 2.05) is 13.8 Å². The Morgan fingerprint density at radius 1 is 1.38 bits per heavy atom. The molecule has 9 heteroatoms. The number of nitrogens with one attached hydrogen (secondary N) is 1. The van der Waals surface area contributed by atoms with Gasteiger partial charge in [-0.2, -0.15) is 4.72 Å². The Kier molecular flexibility index (Phi) is 5.03. The zero-order valence-corrected chi connectivity index (χ0v) is 14.2. The summed E-state index contributed by atoms with van der Waals surface area (Å²) in [6.07, 6.45) is 0.556. The van der Waals surface area contributed by atoms with Crippen molar-refractivity contribution in [3.8, 4) is 0 Å². The molecular formula is C12H16ClN3O3S2. The van der Waals surface area contributed by atoms with Gasteiger partial charge in [-0.15, -0.1) is 21.5 Å². The molecular weight excluding hydrogens is 334 g/mol. The molecule has 0 radical (unpaired) electrons. The molecule has 6 nitrogen and oxygen atoms in total. The molecule has 0 aliphatic rings. The molecule has 21 heavy (non-hydrogen) atoms. The van der Waals surface area contributed by atoms with Crippen LogP contribution in [0, 0.1) is 12.8 Å². The van der Waals surface area contributed by atoms with Gasteiger partial charge in [0.2, 0.25) is 11.8 Å². The molecule has 0 aliphatic heterocycles. The summed E-state index contributed by atoms with van der Waals surface area (Å²) in [5.41, 5.74) is 0. The van der Waals surface area contributed by atoms with Gasteiger partial charge in [-0.1, -0.05) is 25.4 Å². The Bertz CT molecular complexity index is 709. The van der Waals surface area contributed by atoms with Crippen molar-refractivity contribution >= 4 is 33.0 Å². The minimum absolute atomic E-state index is 0.164. The van der Waals surface area contributed by atoms with Crippen LogP contribution in [0.3, 0.4) is 0 Å². The van der Waals surface area contributed by atoms with Crippen molar-refractivity contribution in [2.75, 3.05) is 0 Å². The molecule has 0 aliphatic carbocycles. The topological polar surface area (TPSA) is 85.1 Å². The smallest absolute Gasteiger partial charge is 0.250 e. The third kappa shape index (κ3) is 4.26. The van der Waals surface area contributed by atoms with Crippen LogP contribution in [0.5, 0.6) is 0 Å². The Hall–Kier alpha value is -0.960. The molecule has 0 aromatic carbocycles. The van der Waals surface area contributed by atoms with Crippen molar-refractivity contribution in [3.63, 3.8) is 0 Å². The van der Waals surface area contributed by atoms with Crippen LogP contribution in [0.2, 0.25) is 4.34 Å². The van der Waals surface area contributed by atoms with E-state index in [0.717, 1.165) is 11.3 Å². The first-order valence-corrected chi connectivity index (χ1v) is 9.03. The second kappa shape index (κ2) is 6.43. The maximum atomic E-state index is 12.4. The summed E-state index contributed by atoms with van der Waals surface area (Å²) in [4.78, 5) is 0. The molecule has 1 N–H and O–H groups in total. The lowest BCUT2D eigenvalue weighted by atomic mass is 10.0. The normalized spacial score (nSPS) is 13.8. The predicted molar refractivity (Wildman–Crippen MR) is 80.9 cm³/mol. The minimum Gasteiger partial charge on any atom is -0.424 e. The number of aromatic nitrogens is 2. The first-order valence-electron chi connectivity index (χ1n) is 6.35. The lowest BCUT2D eigenvalue weighted by Crippen LogP contribution is -2.29. The summed E-state index contributed by atoms with van der Waals surface area (Å²) < 4.78 is 33.3. The highest BCUT2D eigenvalue weighted by Crippen LogP contribution is 2.28. The molecule has 0 fully saturated rings. The van der Waals surface area contributed by atoms with Crippen LogP contribution in [-0.2, 0) is 10.0 Å². The van der Waals surface area contributed by atoms with Crippen molar-refractivity contribution in [1.82, 2.24) is 14.9 Å². The van der Waals surface area contributed by atoms with E-state index < -0.39 is 16.1 Å². The number of halogens is 1. The van der Waals surface area contributed by atoms with Crippen LogP contribution < -0.4 is 4.72 Å². The maximum Gasteiger partial charge on any atom is 0.250 e. The van der Waals surface area contributed by atoms with Gasteiger partial charge in [0.15, 0.2) is 0 Å². The number of hydrogen-bond donors (Lipinski definition) is 1. The molecule has 0 bridgehead atoms. The van der Waals surface area contributed by atoms with Crippen LogP contribution in [0.15, 0.2) is 20.8 Å². The number of thiophene rings is 1. The Morgan fingerprint density at radius 3 is 2.57 bits per heavy atom. The van der Waals surface area contributed by atoms with Crippen molar-refractivity contribution in [2.45, 2.75) is 37.4 Å². The zero-order chi connectivity index (χ0) is 15.6. The summed E-state index contributed by atoms with van der Waals surface area (Å²) in [6.45, 7) is 5.65. The van der Waals surface area contributed by atoms with E-state index in [2.05, 4.69) is 14.9 Å². The lowest BCUT2D eigenvalue weighted by Gasteiger charge is -2.16. The number of hydrogen-bond acceptors (Lipinski definition) is 6. The minimum atomic E-state index is -3.67. The largest absolute Gasteiger partial charge is 0.424 e. The summed E-state index contributed by atoms with van der Waals surface area (Å²) in [6, 6.07) is 2.47. The Labute approximate surface area is 132 Å². The molecule has 2 aromatic heterocycles. The summed E-state index contributed by atoms with van der Waals surface area (Å²) >= 11 is 6.80. The number of nitrogens with zero attached hydrogens (tertiary/aromatic N) is 2. The Balaban J connectivity index is 2.26. The fourth-order valence-corrected chi connectivity index (χ4v) is 4.51. The highest BCUT2D eigenvalue weighted by Gasteiger charge is 2.27. The standard InChI is InChI=1S/C12H16ClN3O3S2/c1-7(2)6-9(12-15-14-8(3)19-12)16-21(17,18)11-5-4-10(13)20-11/h4-5,7,9,16H,6H2,1-3H3. The monoisotopic (exact) mass is 349 g/mol. The van der Waals surface area contributed by atoms with Gasteiger partial charge >= 0.3 is 0 Å². The van der Waals surface area contributed by atoms with Crippen LogP contribution in [0.25, 0.3) is 0 Å². The highest BCUT2D eigenvalue weighted by molar-refractivity contribution is 7.91. The van der Waals surface area contributed by atoms with E-state index in [-0.39, 0.29) is 16.0 Å². The molecule has 0 saturated carbocycles. The quantitative estimate of drug-likeness (QED) is 0.865. The zero-order valence-electron chi connectivity index (χ0n) is 11.8. The van der Waals surface area contributed by atoms with Gasteiger partial charge in [-0.3, -0.25) is 0 Å². The molecule has 2 heterocycles. The van der Waals surface area contributed by atoms with E-state index in [4.69, 9.17) is 16.0 Å². The van der Waals surface area contributed by atoms with Gasteiger partial charge in [0, 0.05) is 6.92 Å². The van der Waals surface area contributed by atoms with Crippen molar-refractivity contribution < 1.29 is 12.8 Å². The molecule has 2 rings (SSSR count). The molecule has 1 unspecified atom stereocenters. The van der Waals surface area contributed by atoms with Crippen LogP contribution >= 0.6 is 22.9 Å². The number of aryl methyl sites for hydroxylation is 1. The summed E-state index contributed by atoms with van der Waals surface area (Å²) in [7, 11) is -3.67. The summed E-state index contributed by atoms with van der Waals surface area (Å²) in [5, 5.41) is 7.67. The van der Waals surface area contributed by atoms with Crippen LogP contribution in [0.4, 0.5) is 0 Å². The predicted octanol–water partition coefficient (Wildman–Crippen LogP) is 3.16. The average Bonchev–Trinajstić information content (AvgIpc) is 2.96. The summed E-state index contributed by atoms with van der Waals surface area (Å²) in [5.74, 6) is 0.932. The first-order chi connectivity index (χ1) is 9.78. The third-order valence-electron chi connectivity index (χ3n) is 2.66.